The van der Waals surface area contributed by atoms with Gasteiger partial charge in [-0.25, -0.2) is 0 Å². The van der Waals surface area contributed by atoms with Gasteiger partial charge in [0.15, 0.2) is 0 Å². The second-order valence-corrected chi connectivity index (χ2v) is 6.32. The van der Waals surface area contributed by atoms with Crippen molar-refractivity contribution in [3.8, 4) is 0 Å². The first-order valence-electron chi connectivity index (χ1n) is 9.63. The first-order valence-corrected chi connectivity index (χ1v) is 9.63. The summed E-state index contributed by atoms with van der Waals surface area (Å²) in [6.07, 6.45) is 21.9. The molecule has 25 heavy (non-hydrogen) atoms. The second kappa shape index (κ2) is 25.8. The molecule has 0 aliphatic rings. The molecule has 0 spiro atoms. The average Bonchev–Trinajstić information content (AvgIpc) is 2.50. The van der Waals surface area contributed by atoms with Crippen LogP contribution in [0.5, 0.6) is 0 Å². The molecule has 144 valence electrons. The van der Waals surface area contributed by atoms with Crippen molar-refractivity contribution in [1.29, 1.82) is 0 Å². The Hall–Kier alpha value is -0.398. The maximum absolute atomic E-state index is 10.5. The number of hydrogen-bond acceptors (Lipinski definition) is 2. The number of carbonyl (C=O) groups excluding carboxylic acids is 1. The van der Waals surface area contributed by atoms with Gasteiger partial charge in [0.1, 0.15) is 0 Å². The molecule has 4 nitrogen and oxygen atoms in total. The van der Waals surface area contributed by atoms with Gasteiger partial charge in [0.25, 0.3) is 5.97 Å². The van der Waals surface area contributed by atoms with Crippen molar-refractivity contribution in [2.24, 2.45) is 5.73 Å². The van der Waals surface area contributed by atoms with Gasteiger partial charge in [-0.15, -0.1) is 0 Å². The van der Waals surface area contributed by atoms with Crippen LogP contribution in [0.4, 0.5) is 0 Å². The molecule has 0 fully saturated rings. The molecule has 0 saturated carbocycles. The second-order valence-electron chi connectivity index (χ2n) is 6.32. The zero-order valence-corrected chi connectivity index (χ0v) is 20.6. The van der Waals surface area contributed by atoms with E-state index in [1.165, 1.54) is 70.6 Å². The molecule has 0 unspecified atom stereocenters. The topological polar surface area (TPSA) is 80.4 Å². The smallest absolute Gasteiger partial charge is 0.300 e. The maximum Gasteiger partial charge on any atom is 0.300 e. The van der Waals surface area contributed by atoms with E-state index in [1.807, 2.05) is 0 Å². The summed E-state index contributed by atoms with van der Waals surface area (Å²) in [6.45, 7) is 3.35. The molecule has 3 N–H and O–H groups in total. The van der Waals surface area contributed by atoms with E-state index < -0.39 is 5.97 Å². The number of carboxylic acids is 1. The number of carboxylic acid groups (broad SMARTS) is 1. The van der Waals surface area contributed by atoms with Gasteiger partial charge >= 0.3 is 0 Å². The molecule has 0 aliphatic heterocycles. The van der Waals surface area contributed by atoms with Gasteiger partial charge in [0.05, 0.1) is 0 Å². The largest absolute Gasteiger partial charge is 0.481 e. The Labute approximate surface area is 175 Å². The van der Waals surface area contributed by atoms with Crippen molar-refractivity contribution in [1.82, 2.24) is 0 Å². The number of primary amides is 1. The minimum absolute atomic E-state index is 0. The molecule has 0 aromatic carbocycles. The van der Waals surface area contributed by atoms with Crippen LogP contribution in [0.2, 0.25) is 0 Å². The van der Waals surface area contributed by atoms with Crippen LogP contribution in [0.15, 0.2) is 12.2 Å². The van der Waals surface area contributed by atoms with Gasteiger partial charge in [0.2, 0.25) is 5.91 Å². The summed E-state index contributed by atoms with van der Waals surface area (Å²) in [5.74, 6) is -0.998. The molecule has 0 heterocycles. The van der Waals surface area contributed by atoms with E-state index in [0.717, 1.165) is 19.8 Å². The fraction of sp³-hybridized carbons (Fsp3) is 0.800. The summed E-state index contributed by atoms with van der Waals surface area (Å²) in [7, 11) is 0. The summed E-state index contributed by atoms with van der Waals surface area (Å²) >= 11 is 0. The number of amides is 1. The summed E-state index contributed by atoms with van der Waals surface area (Å²) in [5.41, 5.74) is 5.10. The number of aliphatic carboxylic acids is 1. The van der Waals surface area contributed by atoms with E-state index in [9.17, 15) is 4.79 Å². The van der Waals surface area contributed by atoms with Crippen molar-refractivity contribution < 1.29 is 42.0 Å². The Bertz CT molecular complexity index is 316. The number of rotatable bonds is 15. The molecular weight excluding hydrogens is 415 g/mol. The van der Waals surface area contributed by atoms with E-state index in [0.29, 0.717) is 6.42 Å². The van der Waals surface area contributed by atoms with Gasteiger partial charge in [-0.2, -0.15) is 0 Å². The van der Waals surface area contributed by atoms with Crippen LogP contribution in [-0.2, 0) is 36.9 Å². The van der Waals surface area contributed by atoms with Crippen LogP contribution in [-0.4, -0.2) is 17.0 Å². The van der Waals surface area contributed by atoms with Crippen molar-refractivity contribution in [3.63, 3.8) is 0 Å². The molecule has 0 rings (SSSR count). The van der Waals surface area contributed by atoms with Crippen LogP contribution in [0, 0.1) is 0 Å². The summed E-state index contributed by atoms with van der Waals surface area (Å²) in [4.78, 5) is 19.5. The number of hydrogen-bond donors (Lipinski definition) is 2. The Morgan fingerprint density at radius 1 is 0.800 bits per heavy atom. The van der Waals surface area contributed by atoms with Crippen molar-refractivity contribution in [2.75, 3.05) is 0 Å². The van der Waals surface area contributed by atoms with Crippen LogP contribution in [0.25, 0.3) is 0 Å². The Balaban J connectivity index is -0.000000867. The first kappa shape index (κ1) is 29.4. The normalized spacial score (nSPS) is 10.0. The molecule has 0 aromatic heterocycles. The van der Waals surface area contributed by atoms with Crippen LogP contribution < -0.4 is 5.73 Å². The van der Waals surface area contributed by atoms with E-state index in [1.54, 1.807) is 0 Å². The van der Waals surface area contributed by atoms with Gasteiger partial charge in [-0.05, 0) is 32.1 Å². The van der Waals surface area contributed by atoms with Gasteiger partial charge in [-0.3, -0.25) is 9.59 Å². The standard InChI is InChI=1S/C18H35NO.C2H4O2.Cd/c1-2-3-4-5-6-7-8-9-10-11-12-13-14-15-16-17-18(19)20;1-2(3)4;/h9-10H,2-8,11-17H2,1H3,(H2,19,20);1H3,(H,3,4);/b10-9-;;. The van der Waals surface area contributed by atoms with Crippen molar-refractivity contribution in [2.45, 2.75) is 104 Å². The Morgan fingerprint density at radius 2 is 1.16 bits per heavy atom. The van der Waals surface area contributed by atoms with Gasteiger partial charge in [0, 0.05) is 40.6 Å². The first-order chi connectivity index (χ1) is 11.5. The SMILES string of the molecule is CC(=O)O.CCCCCCCC/C=C\CCCCCCCC(N)=O.[Cd]. The van der Waals surface area contributed by atoms with Gasteiger partial charge in [-0.1, -0.05) is 70.4 Å². The molecule has 0 saturated heterocycles. The minimum atomic E-state index is -0.833. The molecule has 5 heteroatoms. The fourth-order valence-corrected chi connectivity index (χ4v) is 2.37. The Morgan fingerprint density at radius 3 is 1.56 bits per heavy atom. The quantitative estimate of drug-likeness (QED) is 0.192. The predicted octanol–water partition coefficient (Wildman–Crippen LogP) is 5.60. The maximum atomic E-state index is 10.5. The third-order valence-electron chi connectivity index (χ3n) is 3.68. The van der Waals surface area contributed by atoms with E-state index >= 15 is 0 Å². The number of carbonyl (C=O) groups is 2. The zero-order valence-electron chi connectivity index (χ0n) is 16.6. The number of unbranched alkanes of at least 4 members (excludes halogenated alkanes) is 11. The average molecular weight is 454 g/mol. The fourth-order valence-electron chi connectivity index (χ4n) is 2.37. The number of nitrogens with two attached hydrogens (primary N) is 1. The molecule has 0 aromatic rings. The third-order valence-corrected chi connectivity index (χ3v) is 3.68. The Kier molecular flexibility index (Phi) is 30.4. The third kappa shape index (κ3) is 40.0. The molecule has 1 amide bonds. The van der Waals surface area contributed by atoms with Crippen LogP contribution in [0.3, 0.4) is 0 Å². The van der Waals surface area contributed by atoms with Crippen molar-refractivity contribution >= 4 is 11.9 Å². The van der Waals surface area contributed by atoms with E-state index in [2.05, 4.69) is 19.1 Å². The molecule has 0 aliphatic carbocycles. The molecule has 0 atom stereocenters. The minimum Gasteiger partial charge on any atom is -0.481 e. The molecular formula is C20H39CdNO3. The summed E-state index contributed by atoms with van der Waals surface area (Å²) in [6, 6.07) is 0. The van der Waals surface area contributed by atoms with Crippen LogP contribution >= 0.6 is 0 Å². The van der Waals surface area contributed by atoms with E-state index in [-0.39, 0.29) is 33.2 Å². The molecule has 0 radical (unpaired) electrons. The van der Waals surface area contributed by atoms with E-state index in [4.69, 9.17) is 15.6 Å². The van der Waals surface area contributed by atoms with Crippen molar-refractivity contribution in [3.05, 3.63) is 12.2 Å². The molecule has 0 bridgehead atoms. The summed E-state index contributed by atoms with van der Waals surface area (Å²) < 4.78 is 0. The zero-order chi connectivity index (χ0) is 18.5. The predicted molar refractivity (Wildman–Crippen MR) is 102 cm³/mol. The monoisotopic (exact) mass is 455 g/mol. The number of allylic oxidation sites excluding steroid dienone is 2. The van der Waals surface area contributed by atoms with Crippen LogP contribution in [0.1, 0.15) is 104 Å². The summed E-state index contributed by atoms with van der Waals surface area (Å²) in [5, 5.41) is 7.42. The van der Waals surface area contributed by atoms with Gasteiger partial charge < -0.3 is 10.8 Å².